The summed E-state index contributed by atoms with van der Waals surface area (Å²) in [6.45, 7) is 3.04. The minimum Gasteiger partial charge on any atom is -0.493 e. The molecule has 0 aliphatic heterocycles. The van der Waals surface area contributed by atoms with E-state index in [1.165, 1.54) is 4.90 Å². The van der Waals surface area contributed by atoms with Crippen LogP contribution in [0.25, 0.3) is 0 Å². The number of guanidine groups is 1. The maximum absolute atomic E-state index is 11.7. The molecule has 0 aliphatic carbocycles. The number of anilines is 1. The zero-order chi connectivity index (χ0) is 21.9. The molecule has 0 atom stereocenters. The number of hydrogen-bond donors (Lipinski definition) is 2. The summed E-state index contributed by atoms with van der Waals surface area (Å²) in [5.41, 5.74) is 1.82. The topological polar surface area (TPSA) is 84.4 Å². The van der Waals surface area contributed by atoms with Crippen molar-refractivity contribution in [1.29, 1.82) is 0 Å². The van der Waals surface area contributed by atoms with E-state index in [-0.39, 0.29) is 12.5 Å². The highest BCUT2D eigenvalue weighted by molar-refractivity contribution is 5.93. The number of carbonyl (C=O) groups is 1. The van der Waals surface area contributed by atoms with Crippen molar-refractivity contribution in [1.82, 2.24) is 10.2 Å². The summed E-state index contributed by atoms with van der Waals surface area (Å²) in [4.78, 5) is 17.4. The standard InChI is InChI=1S/C22H30N4O4/c1-6-29-19-11-10-17(13-20(19)28-5)25-22(23-2)24-14-16-8-7-9-18(12-16)30-15-21(27)26(3)4/h7-13H,6,14-15H2,1-5H3,(H2,23,24,25). The SMILES string of the molecule is CCOc1ccc(NC(=NC)NCc2cccc(OCC(=O)N(C)C)c2)cc1OC. The Balaban J connectivity index is 1.96. The Bertz CT molecular complexity index is 868. The van der Waals surface area contributed by atoms with E-state index in [1.807, 2.05) is 49.4 Å². The van der Waals surface area contributed by atoms with Gasteiger partial charge >= 0.3 is 0 Å². The number of rotatable bonds is 9. The van der Waals surface area contributed by atoms with Crippen LogP contribution < -0.4 is 24.8 Å². The van der Waals surface area contributed by atoms with Gasteiger partial charge in [-0.05, 0) is 36.8 Å². The van der Waals surface area contributed by atoms with E-state index in [0.717, 1.165) is 11.3 Å². The first-order valence-corrected chi connectivity index (χ1v) is 9.67. The van der Waals surface area contributed by atoms with E-state index in [1.54, 1.807) is 28.3 Å². The van der Waals surface area contributed by atoms with Gasteiger partial charge < -0.3 is 29.7 Å². The summed E-state index contributed by atoms with van der Waals surface area (Å²) < 4.78 is 16.5. The average Bonchev–Trinajstić information content (AvgIpc) is 2.76. The van der Waals surface area contributed by atoms with Crippen LogP contribution in [-0.2, 0) is 11.3 Å². The fourth-order valence-corrected chi connectivity index (χ4v) is 2.54. The fraction of sp³-hybridized carbons (Fsp3) is 0.364. The Kier molecular flexibility index (Phi) is 8.80. The molecule has 0 aromatic heterocycles. The van der Waals surface area contributed by atoms with Crippen molar-refractivity contribution in [3.05, 3.63) is 48.0 Å². The number of methoxy groups -OCH3 is 1. The molecule has 2 N–H and O–H groups in total. The maximum atomic E-state index is 11.7. The molecule has 2 aromatic carbocycles. The molecule has 0 heterocycles. The van der Waals surface area contributed by atoms with Gasteiger partial charge in [-0.25, -0.2) is 0 Å². The van der Waals surface area contributed by atoms with Crippen LogP contribution in [0.1, 0.15) is 12.5 Å². The Morgan fingerprint density at radius 1 is 1.10 bits per heavy atom. The van der Waals surface area contributed by atoms with Crippen molar-refractivity contribution in [3.8, 4) is 17.2 Å². The number of ether oxygens (including phenoxy) is 3. The molecular weight excluding hydrogens is 384 g/mol. The first kappa shape index (κ1) is 22.9. The number of carbonyl (C=O) groups excluding carboxylic acids is 1. The van der Waals surface area contributed by atoms with E-state index < -0.39 is 0 Å². The van der Waals surface area contributed by atoms with Crippen molar-refractivity contribution in [2.24, 2.45) is 4.99 Å². The third-order valence-electron chi connectivity index (χ3n) is 4.17. The first-order valence-electron chi connectivity index (χ1n) is 9.67. The van der Waals surface area contributed by atoms with Gasteiger partial charge in [-0.2, -0.15) is 0 Å². The molecule has 0 unspecified atom stereocenters. The summed E-state index contributed by atoms with van der Waals surface area (Å²) in [5, 5.41) is 6.49. The highest BCUT2D eigenvalue weighted by Crippen LogP contribution is 2.30. The molecule has 0 aliphatic rings. The first-order chi connectivity index (χ1) is 14.5. The zero-order valence-electron chi connectivity index (χ0n) is 18.2. The smallest absolute Gasteiger partial charge is 0.259 e. The minimum absolute atomic E-state index is 0.00663. The second kappa shape index (κ2) is 11.5. The molecule has 1 amide bonds. The van der Waals surface area contributed by atoms with Crippen molar-refractivity contribution in [2.75, 3.05) is 46.8 Å². The van der Waals surface area contributed by atoms with Crippen molar-refractivity contribution >= 4 is 17.6 Å². The number of nitrogens with one attached hydrogen (secondary N) is 2. The van der Waals surface area contributed by atoms with E-state index in [0.29, 0.717) is 36.4 Å². The summed E-state index contributed by atoms with van der Waals surface area (Å²) in [7, 11) is 6.71. The molecular formula is C22H30N4O4. The monoisotopic (exact) mass is 414 g/mol. The Labute approximate surface area is 177 Å². The predicted octanol–water partition coefficient (Wildman–Crippen LogP) is 2.75. The molecule has 8 heteroatoms. The number of nitrogens with zero attached hydrogens (tertiary/aromatic N) is 2. The molecule has 0 radical (unpaired) electrons. The van der Waals surface area contributed by atoms with Gasteiger partial charge in [0.05, 0.1) is 13.7 Å². The van der Waals surface area contributed by atoms with Crippen LogP contribution in [0, 0.1) is 0 Å². The lowest BCUT2D eigenvalue weighted by atomic mass is 10.2. The van der Waals surface area contributed by atoms with Gasteiger partial charge in [0.2, 0.25) is 0 Å². The Hall–Kier alpha value is -3.42. The molecule has 0 spiro atoms. The predicted molar refractivity (Wildman–Crippen MR) is 119 cm³/mol. The maximum Gasteiger partial charge on any atom is 0.259 e. The largest absolute Gasteiger partial charge is 0.493 e. The lowest BCUT2D eigenvalue weighted by Crippen LogP contribution is -2.30. The van der Waals surface area contributed by atoms with Crippen LogP contribution in [0.3, 0.4) is 0 Å². The van der Waals surface area contributed by atoms with Crippen LogP contribution >= 0.6 is 0 Å². The zero-order valence-corrected chi connectivity index (χ0v) is 18.2. The van der Waals surface area contributed by atoms with Crippen LogP contribution in [0.15, 0.2) is 47.5 Å². The van der Waals surface area contributed by atoms with Gasteiger partial charge in [0, 0.05) is 39.4 Å². The molecule has 0 bridgehead atoms. The lowest BCUT2D eigenvalue weighted by molar-refractivity contribution is -0.130. The Morgan fingerprint density at radius 3 is 2.57 bits per heavy atom. The number of amides is 1. The van der Waals surface area contributed by atoms with Gasteiger partial charge in [-0.1, -0.05) is 12.1 Å². The average molecular weight is 415 g/mol. The number of aliphatic imine (C=N–C) groups is 1. The van der Waals surface area contributed by atoms with Gasteiger partial charge in [0.15, 0.2) is 24.1 Å². The summed E-state index contributed by atoms with van der Waals surface area (Å²) in [5.74, 6) is 2.50. The van der Waals surface area contributed by atoms with Gasteiger partial charge in [0.25, 0.3) is 5.91 Å². The quantitative estimate of drug-likeness (QED) is 0.485. The normalized spacial score (nSPS) is 10.9. The summed E-state index contributed by atoms with van der Waals surface area (Å²) >= 11 is 0. The number of likely N-dealkylation sites (N-methyl/N-ethyl adjacent to an activating group) is 1. The highest BCUT2D eigenvalue weighted by atomic mass is 16.5. The number of benzene rings is 2. The van der Waals surface area contributed by atoms with E-state index in [4.69, 9.17) is 14.2 Å². The Morgan fingerprint density at radius 2 is 1.90 bits per heavy atom. The highest BCUT2D eigenvalue weighted by Gasteiger charge is 2.08. The molecule has 30 heavy (non-hydrogen) atoms. The summed E-state index contributed by atoms with van der Waals surface area (Å²) in [6, 6.07) is 13.2. The molecule has 0 saturated heterocycles. The third kappa shape index (κ3) is 6.88. The number of hydrogen-bond acceptors (Lipinski definition) is 5. The van der Waals surface area contributed by atoms with E-state index in [2.05, 4.69) is 15.6 Å². The second-order valence-corrected chi connectivity index (χ2v) is 6.57. The van der Waals surface area contributed by atoms with Crippen molar-refractivity contribution in [2.45, 2.75) is 13.5 Å². The third-order valence-corrected chi connectivity index (χ3v) is 4.17. The van der Waals surface area contributed by atoms with Crippen LogP contribution in [0.2, 0.25) is 0 Å². The molecule has 2 rings (SSSR count). The summed E-state index contributed by atoms with van der Waals surface area (Å²) in [6.07, 6.45) is 0. The molecule has 0 saturated carbocycles. The molecule has 8 nitrogen and oxygen atoms in total. The molecule has 2 aromatic rings. The van der Waals surface area contributed by atoms with E-state index in [9.17, 15) is 4.79 Å². The van der Waals surface area contributed by atoms with Crippen molar-refractivity contribution < 1.29 is 19.0 Å². The van der Waals surface area contributed by atoms with Gasteiger partial charge in [-0.3, -0.25) is 9.79 Å². The fourth-order valence-electron chi connectivity index (χ4n) is 2.54. The van der Waals surface area contributed by atoms with Gasteiger partial charge in [-0.15, -0.1) is 0 Å². The molecule has 162 valence electrons. The van der Waals surface area contributed by atoms with Crippen LogP contribution in [-0.4, -0.2) is 58.2 Å². The molecule has 0 fully saturated rings. The lowest BCUT2D eigenvalue weighted by Gasteiger charge is -2.15. The van der Waals surface area contributed by atoms with Crippen LogP contribution in [0.5, 0.6) is 17.2 Å². The van der Waals surface area contributed by atoms with Gasteiger partial charge in [0.1, 0.15) is 5.75 Å². The van der Waals surface area contributed by atoms with Crippen molar-refractivity contribution in [3.63, 3.8) is 0 Å². The van der Waals surface area contributed by atoms with E-state index >= 15 is 0 Å². The van der Waals surface area contributed by atoms with Crippen LogP contribution in [0.4, 0.5) is 5.69 Å². The second-order valence-electron chi connectivity index (χ2n) is 6.57. The minimum atomic E-state index is -0.0890.